The highest BCUT2D eigenvalue weighted by Gasteiger charge is 2.30. The van der Waals surface area contributed by atoms with Crippen molar-refractivity contribution >= 4 is 6.08 Å². The highest BCUT2D eigenvalue weighted by atomic mass is 19.1. The number of hydrogen-bond donors (Lipinski definition) is 0. The fourth-order valence-corrected chi connectivity index (χ4v) is 0.294. The SMILES string of the molecule is O=C=NC(CF)(CF)CF. The minimum absolute atomic E-state index is 0.916. The van der Waals surface area contributed by atoms with E-state index in [1.165, 1.54) is 0 Å². The summed E-state index contributed by atoms with van der Waals surface area (Å²) in [7, 11) is 0. The van der Waals surface area contributed by atoms with E-state index < -0.39 is 25.6 Å². The van der Waals surface area contributed by atoms with Gasteiger partial charge in [-0.15, -0.1) is 0 Å². The third-order valence-corrected chi connectivity index (χ3v) is 1.03. The zero-order chi connectivity index (χ0) is 8.04. The van der Waals surface area contributed by atoms with Gasteiger partial charge in [0, 0.05) is 0 Å². The average Bonchev–Trinajstić information content (AvgIpc) is 2.01. The molecule has 0 aliphatic carbocycles. The van der Waals surface area contributed by atoms with E-state index in [0.717, 1.165) is 6.08 Å². The summed E-state index contributed by atoms with van der Waals surface area (Å²) in [6, 6.07) is 0. The van der Waals surface area contributed by atoms with Crippen molar-refractivity contribution in [1.29, 1.82) is 0 Å². The Labute approximate surface area is 55.8 Å². The van der Waals surface area contributed by atoms with Crippen molar-refractivity contribution in [2.24, 2.45) is 4.99 Å². The first-order valence-corrected chi connectivity index (χ1v) is 2.51. The summed E-state index contributed by atoms with van der Waals surface area (Å²) in [5.41, 5.74) is -2.12. The molecular formula is C5H6F3NO. The van der Waals surface area contributed by atoms with Gasteiger partial charge in [-0.3, -0.25) is 0 Å². The zero-order valence-electron chi connectivity index (χ0n) is 5.11. The maximum Gasteiger partial charge on any atom is 0.235 e. The van der Waals surface area contributed by atoms with Crippen LogP contribution in [0, 0.1) is 0 Å². The van der Waals surface area contributed by atoms with Gasteiger partial charge in [-0.2, -0.15) is 4.99 Å². The number of hydrogen-bond acceptors (Lipinski definition) is 2. The normalized spacial score (nSPS) is 10.7. The summed E-state index contributed by atoms with van der Waals surface area (Å²) in [5.74, 6) is 0. The maximum absolute atomic E-state index is 11.7. The minimum Gasteiger partial charge on any atom is -0.248 e. The second kappa shape index (κ2) is 4.06. The van der Waals surface area contributed by atoms with Gasteiger partial charge in [0.05, 0.1) is 0 Å². The van der Waals surface area contributed by atoms with Crippen molar-refractivity contribution in [3.63, 3.8) is 0 Å². The van der Waals surface area contributed by atoms with E-state index in [1.807, 2.05) is 0 Å². The van der Waals surface area contributed by atoms with Crippen molar-refractivity contribution < 1.29 is 18.0 Å². The van der Waals surface area contributed by atoms with Crippen LogP contribution in [0.1, 0.15) is 0 Å². The molecule has 0 unspecified atom stereocenters. The summed E-state index contributed by atoms with van der Waals surface area (Å²) in [4.78, 5) is 12.2. The van der Waals surface area contributed by atoms with Crippen LogP contribution in [0.15, 0.2) is 4.99 Å². The van der Waals surface area contributed by atoms with Gasteiger partial charge < -0.3 is 0 Å². The molecule has 0 bridgehead atoms. The van der Waals surface area contributed by atoms with Crippen LogP contribution >= 0.6 is 0 Å². The lowest BCUT2D eigenvalue weighted by molar-refractivity contribution is 0.198. The summed E-state index contributed by atoms with van der Waals surface area (Å²) in [6.45, 7) is -3.97. The van der Waals surface area contributed by atoms with Crippen molar-refractivity contribution in [2.75, 3.05) is 20.0 Å². The predicted molar refractivity (Wildman–Crippen MR) is 28.8 cm³/mol. The van der Waals surface area contributed by atoms with E-state index in [-0.39, 0.29) is 0 Å². The number of aliphatic imine (C=N–C) groups is 1. The van der Waals surface area contributed by atoms with Gasteiger partial charge in [-0.25, -0.2) is 18.0 Å². The Morgan fingerprint density at radius 3 is 1.70 bits per heavy atom. The lowest BCUT2D eigenvalue weighted by Crippen LogP contribution is -2.34. The highest BCUT2D eigenvalue weighted by molar-refractivity contribution is 5.35. The molecule has 10 heavy (non-hydrogen) atoms. The predicted octanol–water partition coefficient (Wildman–Crippen LogP) is 0.970. The Morgan fingerprint density at radius 1 is 1.20 bits per heavy atom. The molecule has 0 atom stereocenters. The third-order valence-electron chi connectivity index (χ3n) is 1.03. The summed E-state index contributed by atoms with van der Waals surface area (Å²) in [5, 5.41) is 0. The fourth-order valence-electron chi connectivity index (χ4n) is 0.294. The summed E-state index contributed by atoms with van der Waals surface area (Å²) >= 11 is 0. The van der Waals surface area contributed by atoms with Gasteiger partial charge in [0.25, 0.3) is 0 Å². The van der Waals surface area contributed by atoms with Crippen molar-refractivity contribution in [3.8, 4) is 0 Å². The molecule has 0 aromatic rings. The molecule has 58 valence electrons. The molecule has 0 spiro atoms. The quantitative estimate of drug-likeness (QED) is 0.437. The number of isocyanates is 1. The Kier molecular flexibility index (Phi) is 3.72. The van der Waals surface area contributed by atoms with Crippen molar-refractivity contribution in [1.82, 2.24) is 0 Å². The van der Waals surface area contributed by atoms with Gasteiger partial charge in [-0.1, -0.05) is 0 Å². The molecule has 0 fully saturated rings. The standard InChI is InChI=1S/C5H6F3NO/c6-1-5(2-7,3-8)9-4-10/h1-3H2. The Balaban J connectivity index is 4.29. The van der Waals surface area contributed by atoms with Crippen LogP contribution in [0.25, 0.3) is 0 Å². The first-order chi connectivity index (χ1) is 4.74. The van der Waals surface area contributed by atoms with E-state index in [1.54, 1.807) is 0 Å². The molecule has 0 aliphatic rings. The van der Waals surface area contributed by atoms with Crippen LogP contribution in [-0.4, -0.2) is 31.6 Å². The molecule has 0 N–H and O–H groups in total. The van der Waals surface area contributed by atoms with Crippen LogP contribution in [0.3, 0.4) is 0 Å². The summed E-state index contributed by atoms with van der Waals surface area (Å²) < 4.78 is 35.2. The monoisotopic (exact) mass is 153 g/mol. The minimum atomic E-state index is -2.12. The van der Waals surface area contributed by atoms with Crippen LogP contribution in [-0.2, 0) is 4.79 Å². The molecule has 0 aliphatic heterocycles. The van der Waals surface area contributed by atoms with Crippen LogP contribution in [0.2, 0.25) is 0 Å². The molecule has 0 aromatic carbocycles. The molecule has 2 nitrogen and oxygen atoms in total. The van der Waals surface area contributed by atoms with Crippen molar-refractivity contribution in [2.45, 2.75) is 5.54 Å². The van der Waals surface area contributed by atoms with Crippen LogP contribution < -0.4 is 0 Å². The van der Waals surface area contributed by atoms with E-state index in [2.05, 4.69) is 4.99 Å². The Morgan fingerprint density at radius 2 is 1.60 bits per heavy atom. The summed E-state index contributed by atoms with van der Waals surface area (Å²) in [6.07, 6.45) is 0.916. The highest BCUT2D eigenvalue weighted by Crippen LogP contribution is 2.12. The fraction of sp³-hybridized carbons (Fsp3) is 0.800. The molecule has 0 amide bonds. The molecule has 0 rings (SSSR count). The molecule has 0 radical (unpaired) electrons. The zero-order valence-corrected chi connectivity index (χ0v) is 5.11. The lowest BCUT2D eigenvalue weighted by atomic mass is 10.1. The molecule has 5 heteroatoms. The first-order valence-electron chi connectivity index (χ1n) is 2.51. The van der Waals surface area contributed by atoms with Gasteiger partial charge in [0.1, 0.15) is 20.0 Å². The second-order valence-electron chi connectivity index (χ2n) is 1.83. The molecule has 0 saturated carbocycles. The van der Waals surface area contributed by atoms with Gasteiger partial charge in [-0.05, 0) is 0 Å². The molecule has 0 aromatic heterocycles. The number of carbonyl (C=O) groups excluding carboxylic acids is 1. The van der Waals surface area contributed by atoms with E-state index in [0.29, 0.717) is 0 Å². The number of nitrogens with zero attached hydrogens (tertiary/aromatic N) is 1. The topological polar surface area (TPSA) is 29.4 Å². The van der Waals surface area contributed by atoms with Gasteiger partial charge in [0.2, 0.25) is 6.08 Å². The Hall–Kier alpha value is -0.830. The average molecular weight is 153 g/mol. The lowest BCUT2D eigenvalue weighted by Gasteiger charge is -2.15. The second-order valence-corrected chi connectivity index (χ2v) is 1.83. The third kappa shape index (κ3) is 1.84. The van der Waals surface area contributed by atoms with E-state index in [9.17, 15) is 18.0 Å². The van der Waals surface area contributed by atoms with E-state index >= 15 is 0 Å². The molecule has 0 saturated heterocycles. The maximum atomic E-state index is 11.7. The van der Waals surface area contributed by atoms with E-state index in [4.69, 9.17) is 0 Å². The smallest absolute Gasteiger partial charge is 0.235 e. The van der Waals surface area contributed by atoms with Crippen molar-refractivity contribution in [3.05, 3.63) is 0 Å². The van der Waals surface area contributed by atoms with Gasteiger partial charge >= 0.3 is 0 Å². The molecular weight excluding hydrogens is 147 g/mol. The Bertz CT molecular complexity index is 132. The number of rotatable bonds is 4. The largest absolute Gasteiger partial charge is 0.248 e. The number of alkyl halides is 3. The van der Waals surface area contributed by atoms with Crippen LogP contribution in [0.4, 0.5) is 13.2 Å². The number of halogens is 3. The molecule has 0 heterocycles. The first kappa shape index (κ1) is 9.17. The van der Waals surface area contributed by atoms with Crippen LogP contribution in [0.5, 0.6) is 0 Å². The van der Waals surface area contributed by atoms with Gasteiger partial charge in [0.15, 0.2) is 5.54 Å².